The first-order valence-corrected chi connectivity index (χ1v) is 7.63. The summed E-state index contributed by atoms with van der Waals surface area (Å²) in [6, 6.07) is 10.9. The molecule has 0 aliphatic heterocycles. The molecule has 0 fully saturated rings. The fraction of sp³-hybridized carbons (Fsp3) is 0.235. The smallest absolute Gasteiger partial charge is 0.265 e. The highest BCUT2D eigenvalue weighted by Crippen LogP contribution is 2.30. The minimum absolute atomic E-state index is 0.310. The van der Waals surface area contributed by atoms with Crippen molar-refractivity contribution in [3.8, 4) is 5.75 Å². The lowest BCUT2D eigenvalue weighted by atomic mass is 10.1. The summed E-state index contributed by atoms with van der Waals surface area (Å²) < 4.78 is 5.72. The van der Waals surface area contributed by atoms with Crippen LogP contribution in [0.3, 0.4) is 0 Å². The van der Waals surface area contributed by atoms with E-state index in [2.05, 4.69) is 5.32 Å². The predicted octanol–water partition coefficient (Wildman–Crippen LogP) is 5.02. The predicted molar refractivity (Wildman–Crippen MR) is 91.1 cm³/mol. The standard InChI is InChI=1S/C17H17Cl2NO2/c1-10-7-8-15(11(2)9-10)22-12(3)17(21)20-16-13(18)5-4-6-14(16)19/h4-9,12H,1-3H3,(H,20,21)/t12-/m0/s1. The number of carbonyl (C=O) groups is 1. The summed E-state index contributed by atoms with van der Waals surface area (Å²) in [5, 5.41) is 3.48. The average molecular weight is 338 g/mol. The number of halogens is 2. The molecular formula is C17H17Cl2NO2. The van der Waals surface area contributed by atoms with Crippen molar-refractivity contribution >= 4 is 34.8 Å². The Morgan fingerprint density at radius 2 is 1.77 bits per heavy atom. The van der Waals surface area contributed by atoms with Crippen molar-refractivity contribution in [1.29, 1.82) is 0 Å². The van der Waals surface area contributed by atoms with Crippen LogP contribution < -0.4 is 10.1 Å². The Hall–Kier alpha value is -1.71. The lowest BCUT2D eigenvalue weighted by Gasteiger charge is -2.17. The van der Waals surface area contributed by atoms with Crippen LogP contribution in [0.25, 0.3) is 0 Å². The van der Waals surface area contributed by atoms with Crippen molar-refractivity contribution in [3.05, 3.63) is 57.6 Å². The molecule has 22 heavy (non-hydrogen) atoms. The van der Waals surface area contributed by atoms with Gasteiger partial charge in [-0.2, -0.15) is 0 Å². The molecule has 0 heterocycles. The van der Waals surface area contributed by atoms with Crippen LogP contribution in [0.15, 0.2) is 36.4 Å². The van der Waals surface area contributed by atoms with E-state index in [0.29, 0.717) is 21.5 Å². The summed E-state index contributed by atoms with van der Waals surface area (Å²) >= 11 is 12.1. The summed E-state index contributed by atoms with van der Waals surface area (Å²) in [6.07, 6.45) is -0.672. The minimum atomic E-state index is -0.672. The largest absolute Gasteiger partial charge is 0.481 e. The summed E-state index contributed by atoms with van der Waals surface area (Å²) in [6.45, 7) is 5.63. The second-order valence-corrected chi connectivity index (χ2v) is 5.93. The number of para-hydroxylation sites is 1. The Labute approximate surface area is 140 Å². The number of aryl methyl sites for hydroxylation is 2. The molecule has 1 amide bonds. The van der Waals surface area contributed by atoms with Crippen molar-refractivity contribution in [2.24, 2.45) is 0 Å². The topological polar surface area (TPSA) is 38.3 Å². The van der Waals surface area contributed by atoms with Crippen molar-refractivity contribution in [2.75, 3.05) is 5.32 Å². The van der Waals surface area contributed by atoms with Crippen LogP contribution in [0.2, 0.25) is 10.0 Å². The van der Waals surface area contributed by atoms with E-state index in [1.165, 1.54) is 0 Å². The molecule has 2 rings (SSSR count). The van der Waals surface area contributed by atoms with E-state index >= 15 is 0 Å². The number of amides is 1. The van der Waals surface area contributed by atoms with E-state index in [0.717, 1.165) is 11.1 Å². The molecule has 1 atom stereocenters. The van der Waals surface area contributed by atoms with Crippen LogP contribution in [-0.4, -0.2) is 12.0 Å². The zero-order valence-electron chi connectivity index (χ0n) is 12.6. The van der Waals surface area contributed by atoms with Gasteiger partial charge in [-0.15, -0.1) is 0 Å². The minimum Gasteiger partial charge on any atom is -0.481 e. The molecule has 0 aliphatic carbocycles. The molecule has 2 aromatic rings. The summed E-state index contributed by atoms with van der Waals surface area (Å²) in [4.78, 5) is 12.2. The second kappa shape index (κ2) is 7.03. The number of anilines is 1. The molecular weight excluding hydrogens is 321 g/mol. The molecule has 1 N–H and O–H groups in total. The van der Waals surface area contributed by atoms with Crippen molar-refractivity contribution in [2.45, 2.75) is 26.9 Å². The molecule has 116 valence electrons. The monoisotopic (exact) mass is 337 g/mol. The van der Waals surface area contributed by atoms with Crippen molar-refractivity contribution in [3.63, 3.8) is 0 Å². The van der Waals surface area contributed by atoms with Gasteiger partial charge < -0.3 is 10.1 Å². The zero-order chi connectivity index (χ0) is 16.3. The van der Waals surface area contributed by atoms with Gasteiger partial charge in [-0.25, -0.2) is 0 Å². The molecule has 0 spiro atoms. The van der Waals surface area contributed by atoms with E-state index in [1.54, 1.807) is 25.1 Å². The van der Waals surface area contributed by atoms with Gasteiger partial charge in [-0.05, 0) is 44.5 Å². The van der Waals surface area contributed by atoms with Crippen LogP contribution in [0.4, 0.5) is 5.69 Å². The maximum absolute atomic E-state index is 12.2. The first-order valence-electron chi connectivity index (χ1n) is 6.87. The summed E-state index contributed by atoms with van der Waals surface area (Å²) in [7, 11) is 0. The van der Waals surface area contributed by atoms with Crippen LogP contribution >= 0.6 is 23.2 Å². The normalized spacial score (nSPS) is 11.9. The highest BCUT2D eigenvalue weighted by atomic mass is 35.5. The van der Waals surface area contributed by atoms with Gasteiger partial charge >= 0.3 is 0 Å². The molecule has 0 aromatic heterocycles. The fourth-order valence-corrected chi connectivity index (χ4v) is 2.51. The molecule has 3 nitrogen and oxygen atoms in total. The molecule has 2 aromatic carbocycles. The SMILES string of the molecule is Cc1ccc(O[C@@H](C)C(=O)Nc2c(Cl)cccc2Cl)c(C)c1. The van der Waals surface area contributed by atoms with Crippen LogP contribution in [0.1, 0.15) is 18.1 Å². The van der Waals surface area contributed by atoms with E-state index in [-0.39, 0.29) is 5.91 Å². The third-order valence-electron chi connectivity index (χ3n) is 3.21. The van der Waals surface area contributed by atoms with E-state index in [4.69, 9.17) is 27.9 Å². The van der Waals surface area contributed by atoms with Crippen molar-refractivity contribution < 1.29 is 9.53 Å². The molecule has 0 unspecified atom stereocenters. The zero-order valence-corrected chi connectivity index (χ0v) is 14.1. The Kier molecular flexibility index (Phi) is 5.33. The Balaban J connectivity index is 2.09. The van der Waals surface area contributed by atoms with Gasteiger partial charge in [0.25, 0.3) is 5.91 Å². The molecule has 0 radical (unpaired) electrons. The van der Waals surface area contributed by atoms with Gasteiger partial charge in [0.1, 0.15) is 5.75 Å². The first-order chi connectivity index (χ1) is 10.4. The van der Waals surface area contributed by atoms with Gasteiger partial charge in [-0.3, -0.25) is 4.79 Å². The van der Waals surface area contributed by atoms with Gasteiger partial charge in [0, 0.05) is 0 Å². The number of hydrogen-bond donors (Lipinski definition) is 1. The molecule has 0 aliphatic rings. The number of carbonyl (C=O) groups excluding carboxylic acids is 1. The van der Waals surface area contributed by atoms with Gasteiger partial charge in [0.2, 0.25) is 0 Å². The molecule has 0 bridgehead atoms. The Morgan fingerprint density at radius 1 is 1.14 bits per heavy atom. The summed E-state index contributed by atoms with van der Waals surface area (Å²) in [5.41, 5.74) is 2.52. The lowest BCUT2D eigenvalue weighted by Crippen LogP contribution is -2.30. The molecule has 5 heteroatoms. The van der Waals surface area contributed by atoms with Crippen LogP contribution in [0, 0.1) is 13.8 Å². The second-order valence-electron chi connectivity index (χ2n) is 5.11. The first kappa shape index (κ1) is 16.7. The Bertz CT molecular complexity index is 681. The number of nitrogens with one attached hydrogen (secondary N) is 1. The highest BCUT2D eigenvalue weighted by molar-refractivity contribution is 6.39. The Morgan fingerprint density at radius 3 is 2.36 bits per heavy atom. The van der Waals surface area contributed by atoms with Gasteiger partial charge in [-0.1, -0.05) is 47.0 Å². The van der Waals surface area contributed by atoms with E-state index in [1.807, 2.05) is 32.0 Å². The lowest BCUT2D eigenvalue weighted by molar-refractivity contribution is -0.122. The fourth-order valence-electron chi connectivity index (χ4n) is 2.02. The number of ether oxygens (including phenoxy) is 1. The quantitative estimate of drug-likeness (QED) is 0.850. The maximum atomic E-state index is 12.2. The average Bonchev–Trinajstić information content (AvgIpc) is 2.45. The van der Waals surface area contributed by atoms with Crippen LogP contribution in [-0.2, 0) is 4.79 Å². The molecule has 0 saturated heterocycles. The van der Waals surface area contributed by atoms with Crippen LogP contribution in [0.5, 0.6) is 5.75 Å². The third kappa shape index (κ3) is 3.93. The van der Waals surface area contributed by atoms with Gasteiger partial charge in [0.15, 0.2) is 6.10 Å². The van der Waals surface area contributed by atoms with Crippen molar-refractivity contribution in [1.82, 2.24) is 0 Å². The van der Waals surface area contributed by atoms with E-state index in [9.17, 15) is 4.79 Å². The highest BCUT2D eigenvalue weighted by Gasteiger charge is 2.18. The number of rotatable bonds is 4. The maximum Gasteiger partial charge on any atom is 0.265 e. The summed E-state index contributed by atoms with van der Waals surface area (Å²) in [5.74, 6) is 0.369. The molecule has 0 saturated carbocycles. The number of hydrogen-bond acceptors (Lipinski definition) is 2. The van der Waals surface area contributed by atoms with Gasteiger partial charge in [0.05, 0.1) is 15.7 Å². The van der Waals surface area contributed by atoms with E-state index < -0.39 is 6.10 Å². The third-order valence-corrected chi connectivity index (χ3v) is 3.84. The number of benzene rings is 2.